The Morgan fingerprint density at radius 2 is 1.51 bits per heavy atom. The molecular formula is C42H58O9. The highest BCUT2D eigenvalue weighted by atomic mass is 16.7. The van der Waals surface area contributed by atoms with Crippen molar-refractivity contribution in [2.24, 2.45) is 35.5 Å². The molecule has 0 aromatic heterocycles. The zero-order valence-corrected chi connectivity index (χ0v) is 32.3. The van der Waals surface area contributed by atoms with E-state index in [9.17, 15) is 14.4 Å². The summed E-state index contributed by atoms with van der Waals surface area (Å²) in [6.07, 6.45) is -3.13. The number of carbonyl (C=O) groups excluding carboxylic acids is 3. The average Bonchev–Trinajstić information content (AvgIpc) is 3.87. The van der Waals surface area contributed by atoms with Crippen LogP contribution in [0.15, 0.2) is 42.5 Å². The summed E-state index contributed by atoms with van der Waals surface area (Å²) >= 11 is 0. The molecule has 3 aliphatic rings. The summed E-state index contributed by atoms with van der Waals surface area (Å²) in [5, 5.41) is 0. The van der Waals surface area contributed by atoms with Crippen LogP contribution in [0.25, 0.3) is 0 Å². The number of ether oxygens (including phenoxy) is 6. The number of ketones is 1. The van der Waals surface area contributed by atoms with Crippen molar-refractivity contribution in [1.82, 2.24) is 0 Å². The van der Waals surface area contributed by atoms with Gasteiger partial charge >= 0.3 is 11.9 Å². The lowest BCUT2D eigenvalue weighted by atomic mass is 9.75. The number of epoxide rings is 1. The van der Waals surface area contributed by atoms with Crippen molar-refractivity contribution in [3.05, 3.63) is 70.3 Å². The normalized spacial score (nSPS) is 35.7. The minimum Gasteiger partial charge on any atom is -0.461 e. The van der Waals surface area contributed by atoms with Crippen molar-refractivity contribution in [3.8, 4) is 0 Å². The number of Topliss-reactive ketones (excluding diaryl/α,β-unsaturated/α-hetero) is 1. The van der Waals surface area contributed by atoms with Crippen LogP contribution in [0, 0.1) is 56.3 Å². The lowest BCUT2D eigenvalue weighted by Gasteiger charge is -2.46. The molecule has 280 valence electrons. The molecule has 51 heavy (non-hydrogen) atoms. The van der Waals surface area contributed by atoms with Crippen molar-refractivity contribution in [2.75, 3.05) is 6.61 Å². The van der Waals surface area contributed by atoms with E-state index in [0.717, 1.165) is 27.8 Å². The van der Waals surface area contributed by atoms with Crippen LogP contribution in [0.5, 0.6) is 0 Å². The van der Waals surface area contributed by atoms with Gasteiger partial charge in [0.2, 0.25) is 0 Å². The second-order valence-electron chi connectivity index (χ2n) is 15.8. The lowest BCUT2D eigenvalue weighted by molar-refractivity contribution is -0.291. The molecule has 13 atom stereocenters. The maximum absolute atomic E-state index is 14.4. The van der Waals surface area contributed by atoms with Gasteiger partial charge in [-0.25, -0.2) is 0 Å². The molecule has 3 fully saturated rings. The maximum Gasteiger partial charge on any atom is 0.311 e. The first-order valence-corrected chi connectivity index (χ1v) is 18.6. The van der Waals surface area contributed by atoms with Crippen LogP contribution < -0.4 is 0 Å². The van der Waals surface area contributed by atoms with Gasteiger partial charge in [-0.3, -0.25) is 14.4 Å². The van der Waals surface area contributed by atoms with Gasteiger partial charge in [0.15, 0.2) is 17.7 Å². The summed E-state index contributed by atoms with van der Waals surface area (Å²) in [6, 6.07) is 14.1. The molecule has 0 radical (unpaired) electrons. The third kappa shape index (κ3) is 8.43. The Hall–Kier alpha value is -3.11. The van der Waals surface area contributed by atoms with Crippen LogP contribution in [0.2, 0.25) is 0 Å². The molecule has 2 aromatic rings. The van der Waals surface area contributed by atoms with E-state index in [2.05, 4.69) is 46.8 Å². The van der Waals surface area contributed by atoms with Crippen LogP contribution in [0.4, 0.5) is 0 Å². The molecule has 2 bridgehead atoms. The summed E-state index contributed by atoms with van der Waals surface area (Å²) in [5.74, 6) is -3.64. The smallest absolute Gasteiger partial charge is 0.311 e. The van der Waals surface area contributed by atoms with Crippen molar-refractivity contribution in [3.63, 3.8) is 0 Å². The maximum atomic E-state index is 14.4. The fraction of sp³-hybridized carbons (Fsp3) is 0.643. The molecule has 3 heterocycles. The van der Waals surface area contributed by atoms with Crippen molar-refractivity contribution in [2.45, 2.75) is 132 Å². The van der Waals surface area contributed by atoms with Gasteiger partial charge in [0, 0.05) is 30.2 Å². The molecule has 2 aromatic carbocycles. The molecule has 1 spiro atoms. The van der Waals surface area contributed by atoms with Crippen molar-refractivity contribution < 1.29 is 42.8 Å². The predicted octanol–water partition coefficient (Wildman–Crippen LogP) is 7.40. The minimum atomic E-state index is -1.02. The second-order valence-corrected chi connectivity index (χ2v) is 15.8. The predicted molar refractivity (Wildman–Crippen MR) is 193 cm³/mol. The second kappa shape index (κ2) is 15.9. The van der Waals surface area contributed by atoms with E-state index < -0.39 is 59.9 Å². The van der Waals surface area contributed by atoms with Gasteiger partial charge in [0.25, 0.3) is 0 Å². The molecule has 0 unspecified atom stereocenters. The summed E-state index contributed by atoms with van der Waals surface area (Å²) < 4.78 is 38.4. The molecule has 0 saturated carbocycles. The molecule has 5 rings (SSSR count). The number of rotatable bonds is 7. The third-order valence-electron chi connectivity index (χ3n) is 11.7. The van der Waals surface area contributed by atoms with Gasteiger partial charge in [-0.05, 0) is 63.6 Å². The molecular weight excluding hydrogens is 648 g/mol. The molecule has 0 N–H and O–H groups in total. The Balaban J connectivity index is 1.54. The summed E-state index contributed by atoms with van der Waals surface area (Å²) in [6.45, 7) is 21.8. The highest BCUT2D eigenvalue weighted by Crippen LogP contribution is 2.47. The summed E-state index contributed by atoms with van der Waals surface area (Å²) in [5.41, 5.74) is 4.21. The van der Waals surface area contributed by atoms with Crippen LogP contribution >= 0.6 is 0 Å². The average molecular weight is 707 g/mol. The number of hydrogen-bond acceptors (Lipinski definition) is 9. The van der Waals surface area contributed by atoms with Crippen LogP contribution in [0.1, 0.15) is 95.9 Å². The SMILES string of the molecule is CC(=O)O[C@H]1[C@@H](C)[C@@H]([C@@H](C)[C@H](C)OCc2ccccc2)OC(=O)[C@H](C)[C@H]2O[C@@H](c3c(C)cc(C)cc3C)O[C@H]([C@H]2C)[C@@H](C)C[C@@]2(CO2)C(=O)[C@@H]1C. The van der Waals surface area contributed by atoms with Gasteiger partial charge in [0.05, 0.1) is 43.4 Å². The fourth-order valence-electron chi connectivity index (χ4n) is 8.66. The number of esters is 2. The molecule has 9 heteroatoms. The van der Waals surface area contributed by atoms with E-state index >= 15 is 0 Å². The number of fused-ring (bicyclic) bond motifs is 2. The Bertz CT molecular complexity index is 1530. The standard InChI is InChI=1S/C42H58O9/c1-22-17-23(2)34(24(3)18-22)41-50-35-25(4)19-42(21-47-42)39(44)29(8)37(48-32(11)43)28(7)36(49-40(45)30(9)38(51-41)27(35)6)26(5)31(10)46-20-33-15-13-12-14-16-33/h12-18,25-31,35-38,41H,19-21H2,1-11H3/t25-,26-,27+,28-,29+,30+,31-,35-,36+,37-,38-,41-,42+/m0/s1. The first kappa shape index (κ1) is 39.1. The Morgan fingerprint density at radius 3 is 2.10 bits per heavy atom. The van der Waals surface area contributed by atoms with Crippen LogP contribution in [0.3, 0.4) is 0 Å². The third-order valence-corrected chi connectivity index (χ3v) is 11.7. The van der Waals surface area contributed by atoms with Crippen LogP contribution in [-0.4, -0.2) is 60.4 Å². The lowest BCUT2D eigenvalue weighted by Crippen LogP contribution is -2.53. The van der Waals surface area contributed by atoms with Crippen molar-refractivity contribution in [1.29, 1.82) is 0 Å². The Morgan fingerprint density at radius 1 is 0.902 bits per heavy atom. The summed E-state index contributed by atoms with van der Waals surface area (Å²) in [7, 11) is 0. The molecule has 3 saturated heterocycles. The zero-order chi connectivity index (χ0) is 37.4. The number of aryl methyl sites for hydroxylation is 3. The van der Waals surface area contributed by atoms with E-state index in [1.54, 1.807) is 6.92 Å². The van der Waals surface area contributed by atoms with E-state index in [1.807, 2.05) is 58.0 Å². The Kier molecular flexibility index (Phi) is 12.2. The van der Waals surface area contributed by atoms with Crippen molar-refractivity contribution >= 4 is 17.7 Å². The molecule has 9 nitrogen and oxygen atoms in total. The van der Waals surface area contributed by atoms with E-state index in [-0.39, 0.29) is 42.4 Å². The fourth-order valence-corrected chi connectivity index (χ4v) is 8.66. The van der Waals surface area contributed by atoms with Gasteiger partial charge in [-0.2, -0.15) is 0 Å². The quantitative estimate of drug-likeness (QED) is 0.215. The van der Waals surface area contributed by atoms with E-state index in [0.29, 0.717) is 13.0 Å². The first-order chi connectivity index (χ1) is 24.0. The summed E-state index contributed by atoms with van der Waals surface area (Å²) in [4.78, 5) is 41.4. The molecule has 3 aliphatic heterocycles. The van der Waals surface area contributed by atoms with Gasteiger partial charge < -0.3 is 28.4 Å². The van der Waals surface area contributed by atoms with Gasteiger partial charge in [0.1, 0.15) is 12.2 Å². The largest absolute Gasteiger partial charge is 0.461 e. The number of benzene rings is 2. The molecule has 0 amide bonds. The van der Waals surface area contributed by atoms with Crippen LogP contribution in [-0.2, 0) is 49.4 Å². The zero-order valence-electron chi connectivity index (χ0n) is 32.3. The topological polar surface area (TPSA) is 110 Å². The Labute approximate surface area is 304 Å². The van der Waals surface area contributed by atoms with Gasteiger partial charge in [-0.1, -0.05) is 82.6 Å². The molecule has 0 aliphatic carbocycles. The monoisotopic (exact) mass is 706 g/mol. The highest BCUT2D eigenvalue weighted by Gasteiger charge is 2.58. The van der Waals surface area contributed by atoms with E-state index in [1.165, 1.54) is 6.92 Å². The number of carbonyl (C=O) groups is 3. The highest BCUT2D eigenvalue weighted by molar-refractivity contribution is 5.92. The first-order valence-electron chi connectivity index (χ1n) is 18.6. The van der Waals surface area contributed by atoms with Gasteiger partial charge in [-0.15, -0.1) is 0 Å². The van der Waals surface area contributed by atoms with E-state index in [4.69, 9.17) is 28.4 Å². The number of hydrogen-bond donors (Lipinski definition) is 0. The minimum absolute atomic E-state index is 0.121. The number of cyclic esters (lactones) is 1.